The first-order valence-corrected chi connectivity index (χ1v) is 7.99. The molecule has 0 aliphatic heterocycles. The van der Waals surface area contributed by atoms with Crippen LogP contribution in [0.1, 0.15) is 17.3 Å². The Hall–Kier alpha value is -3.74. The molecule has 1 heterocycles. The van der Waals surface area contributed by atoms with Gasteiger partial charge >= 0.3 is 5.97 Å². The number of hydrogen-bond acceptors (Lipinski definition) is 3. The smallest absolute Gasteiger partial charge is 0.341 e. The van der Waals surface area contributed by atoms with Crippen LogP contribution < -0.4 is 10.7 Å². The molecule has 0 radical (unpaired) electrons. The highest BCUT2D eigenvalue weighted by atomic mass is 19.1. The molecule has 0 unspecified atom stereocenters. The maximum atomic E-state index is 13.3. The van der Waals surface area contributed by atoms with Gasteiger partial charge in [-0.25, -0.2) is 9.18 Å². The largest absolute Gasteiger partial charge is 0.477 e. The van der Waals surface area contributed by atoms with Crippen molar-refractivity contribution in [1.29, 1.82) is 0 Å². The lowest BCUT2D eigenvalue weighted by molar-refractivity contribution is -0.114. The van der Waals surface area contributed by atoms with Crippen molar-refractivity contribution >= 4 is 17.6 Å². The van der Waals surface area contributed by atoms with Crippen LogP contribution >= 0.6 is 0 Å². The van der Waals surface area contributed by atoms with E-state index in [-0.39, 0.29) is 5.91 Å². The van der Waals surface area contributed by atoms with Crippen LogP contribution in [0.4, 0.5) is 10.1 Å². The molecule has 27 heavy (non-hydrogen) atoms. The minimum atomic E-state index is -1.34. The number of hydrogen-bond donors (Lipinski definition) is 2. The van der Waals surface area contributed by atoms with Crippen molar-refractivity contribution in [2.75, 3.05) is 5.32 Å². The molecule has 0 fully saturated rings. The highest BCUT2D eigenvalue weighted by Gasteiger charge is 2.15. The number of benzene rings is 2. The van der Waals surface area contributed by atoms with Crippen LogP contribution in [0.5, 0.6) is 0 Å². The van der Waals surface area contributed by atoms with Crippen molar-refractivity contribution in [2.45, 2.75) is 6.92 Å². The number of amides is 1. The van der Waals surface area contributed by atoms with E-state index in [2.05, 4.69) is 5.32 Å². The van der Waals surface area contributed by atoms with Crippen molar-refractivity contribution in [2.24, 2.45) is 0 Å². The van der Waals surface area contributed by atoms with Gasteiger partial charge in [0.2, 0.25) is 5.91 Å². The monoisotopic (exact) mass is 366 g/mol. The van der Waals surface area contributed by atoms with E-state index in [9.17, 15) is 23.9 Å². The van der Waals surface area contributed by atoms with Crippen molar-refractivity contribution < 1.29 is 19.1 Å². The summed E-state index contributed by atoms with van der Waals surface area (Å²) in [6.07, 6.45) is 1.22. The van der Waals surface area contributed by atoms with E-state index in [4.69, 9.17) is 0 Å². The van der Waals surface area contributed by atoms with Crippen LogP contribution in [0.3, 0.4) is 0 Å². The van der Waals surface area contributed by atoms with Gasteiger partial charge in [-0.3, -0.25) is 9.59 Å². The summed E-state index contributed by atoms with van der Waals surface area (Å²) < 4.78 is 14.8. The van der Waals surface area contributed by atoms with Gasteiger partial charge in [-0.05, 0) is 42.0 Å². The molecule has 0 bridgehead atoms. The number of rotatable bonds is 4. The molecule has 3 rings (SSSR count). The third-order valence-corrected chi connectivity index (χ3v) is 3.89. The van der Waals surface area contributed by atoms with E-state index in [0.29, 0.717) is 22.6 Å². The molecule has 0 aliphatic rings. The summed E-state index contributed by atoms with van der Waals surface area (Å²) in [7, 11) is 0. The number of anilines is 1. The molecule has 2 N–H and O–H groups in total. The Bertz CT molecular complexity index is 1070. The topological polar surface area (TPSA) is 88.4 Å². The third kappa shape index (κ3) is 3.92. The summed E-state index contributed by atoms with van der Waals surface area (Å²) in [5.74, 6) is -1.99. The Morgan fingerprint density at radius 3 is 2.22 bits per heavy atom. The standard InChI is InChI=1S/C20H15FN2O4/c1-12(24)22-15-6-2-13(3-7-15)18-10-19(25)17(20(26)27)11-23(18)16-8-4-14(21)5-9-16/h2-11H,1H3,(H,22,24)(H,26,27). The van der Waals surface area contributed by atoms with Crippen LogP contribution in [0.15, 0.2) is 65.6 Å². The molecule has 136 valence electrons. The predicted octanol–water partition coefficient (Wildman–Crippen LogP) is 3.30. The molecular weight excluding hydrogens is 351 g/mol. The first-order chi connectivity index (χ1) is 12.8. The van der Waals surface area contributed by atoms with E-state index in [1.54, 1.807) is 24.3 Å². The third-order valence-electron chi connectivity index (χ3n) is 3.89. The fraction of sp³-hybridized carbons (Fsp3) is 0.0500. The Labute approximate surface area is 153 Å². The van der Waals surface area contributed by atoms with Crippen molar-refractivity contribution in [3.05, 3.63) is 82.4 Å². The molecule has 0 saturated carbocycles. The van der Waals surface area contributed by atoms with Gasteiger partial charge in [-0.2, -0.15) is 0 Å². The second-order valence-electron chi connectivity index (χ2n) is 5.85. The minimum Gasteiger partial charge on any atom is -0.477 e. The van der Waals surface area contributed by atoms with Crippen LogP contribution in [-0.4, -0.2) is 21.6 Å². The molecule has 2 aromatic carbocycles. The Morgan fingerprint density at radius 1 is 1.04 bits per heavy atom. The Balaban J connectivity index is 2.17. The predicted molar refractivity (Wildman–Crippen MR) is 98.7 cm³/mol. The van der Waals surface area contributed by atoms with Crippen LogP contribution in [0, 0.1) is 5.82 Å². The summed E-state index contributed by atoms with van der Waals surface area (Å²) in [4.78, 5) is 34.7. The summed E-state index contributed by atoms with van der Waals surface area (Å²) in [6, 6.07) is 13.4. The van der Waals surface area contributed by atoms with E-state index in [0.717, 1.165) is 0 Å². The fourth-order valence-corrected chi connectivity index (χ4v) is 2.66. The van der Waals surface area contributed by atoms with E-state index in [1.165, 1.54) is 48.0 Å². The number of carbonyl (C=O) groups is 2. The molecular formula is C20H15FN2O4. The van der Waals surface area contributed by atoms with E-state index < -0.39 is 22.8 Å². The average Bonchev–Trinajstić information content (AvgIpc) is 2.62. The quantitative estimate of drug-likeness (QED) is 0.742. The van der Waals surface area contributed by atoms with Crippen molar-refractivity contribution in [3.8, 4) is 16.9 Å². The van der Waals surface area contributed by atoms with E-state index >= 15 is 0 Å². The average molecular weight is 366 g/mol. The number of nitrogens with zero attached hydrogens (tertiary/aromatic N) is 1. The minimum absolute atomic E-state index is 0.211. The number of pyridine rings is 1. The van der Waals surface area contributed by atoms with Crippen LogP contribution in [0.2, 0.25) is 0 Å². The highest BCUT2D eigenvalue weighted by molar-refractivity contribution is 5.89. The first kappa shape index (κ1) is 18.1. The lowest BCUT2D eigenvalue weighted by atomic mass is 10.1. The van der Waals surface area contributed by atoms with Gasteiger partial charge in [-0.1, -0.05) is 12.1 Å². The summed E-state index contributed by atoms with van der Waals surface area (Å²) in [6.45, 7) is 1.39. The summed E-state index contributed by atoms with van der Waals surface area (Å²) in [5, 5.41) is 11.9. The Kier molecular flexibility index (Phi) is 4.85. The number of aromatic carboxylic acids is 1. The van der Waals surface area contributed by atoms with Crippen LogP contribution in [0.25, 0.3) is 16.9 Å². The number of halogens is 1. The lowest BCUT2D eigenvalue weighted by Gasteiger charge is -2.15. The van der Waals surface area contributed by atoms with E-state index in [1.807, 2.05) is 0 Å². The number of aromatic nitrogens is 1. The summed E-state index contributed by atoms with van der Waals surface area (Å²) >= 11 is 0. The van der Waals surface area contributed by atoms with Gasteiger partial charge < -0.3 is 15.0 Å². The maximum absolute atomic E-state index is 13.3. The van der Waals surface area contributed by atoms with Gasteiger partial charge in [0.05, 0.1) is 5.69 Å². The molecule has 0 atom stereocenters. The highest BCUT2D eigenvalue weighted by Crippen LogP contribution is 2.24. The first-order valence-electron chi connectivity index (χ1n) is 7.99. The Morgan fingerprint density at radius 2 is 1.67 bits per heavy atom. The normalized spacial score (nSPS) is 10.4. The molecule has 1 aromatic heterocycles. The lowest BCUT2D eigenvalue weighted by Crippen LogP contribution is -2.18. The molecule has 0 spiro atoms. The second kappa shape index (κ2) is 7.25. The van der Waals surface area contributed by atoms with Gasteiger partial charge in [0.1, 0.15) is 11.4 Å². The zero-order valence-electron chi connectivity index (χ0n) is 14.3. The number of carbonyl (C=O) groups excluding carboxylic acids is 1. The van der Waals surface area contributed by atoms with Gasteiger partial charge in [0.15, 0.2) is 5.43 Å². The number of nitrogens with one attached hydrogen (secondary N) is 1. The number of carboxylic acids is 1. The molecule has 0 aliphatic carbocycles. The second-order valence-corrected chi connectivity index (χ2v) is 5.85. The van der Waals surface area contributed by atoms with Gasteiger partial charge in [0.25, 0.3) is 0 Å². The van der Waals surface area contributed by atoms with Crippen LogP contribution in [-0.2, 0) is 4.79 Å². The SMILES string of the molecule is CC(=O)Nc1ccc(-c2cc(=O)c(C(=O)O)cn2-c2ccc(F)cc2)cc1. The van der Waals surface area contributed by atoms with Crippen molar-refractivity contribution in [3.63, 3.8) is 0 Å². The molecule has 6 nitrogen and oxygen atoms in total. The number of carboxylic acid groups (broad SMARTS) is 1. The maximum Gasteiger partial charge on any atom is 0.341 e. The molecule has 3 aromatic rings. The zero-order chi connectivity index (χ0) is 19.6. The molecule has 7 heteroatoms. The van der Waals surface area contributed by atoms with Gasteiger partial charge in [0, 0.05) is 30.6 Å². The molecule has 0 saturated heterocycles. The molecule has 1 amide bonds. The zero-order valence-corrected chi connectivity index (χ0v) is 14.3. The van der Waals surface area contributed by atoms with Gasteiger partial charge in [-0.15, -0.1) is 0 Å². The summed E-state index contributed by atoms with van der Waals surface area (Å²) in [5.41, 5.74) is 1.12. The fourth-order valence-electron chi connectivity index (χ4n) is 2.66. The van der Waals surface area contributed by atoms with Crippen molar-refractivity contribution in [1.82, 2.24) is 4.57 Å².